The standard InChI is InChI=1S/C7H10N2O/c8-5-6-1-2-7-9(6)3-4-10-7/h6-7H,1-4H2/t6-,7-/m1/s1. The Hall–Kier alpha value is -0.590. The van der Waals surface area contributed by atoms with Crippen molar-refractivity contribution < 1.29 is 4.74 Å². The molecular weight excluding hydrogens is 128 g/mol. The lowest BCUT2D eigenvalue weighted by Gasteiger charge is -2.14. The molecule has 2 heterocycles. The molecule has 0 saturated carbocycles. The molecule has 2 aliphatic heterocycles. The quantitative estimate of drug-likeness (QED) is 0.484. The number of fused-ring (bicyclic) bond motifs is 1. The molecule has 3 nitrogen and oxygen atoms in total. The van der Waals surface area contributed by atoms with Gasteiger partial charge in [0.15, 0.2) is 0 Å². The van der Waals surface area contributed by atoms with E-state index in [-0.39, 0.29) is 12.3 Å². The maximum atomic E-state index is 8.67. The van der Waals surface area contributed by atoms with Crippen LogP contribution in [0.1, 0.15) is 12.8 Å². The summed E-state index contributed by atoms with van der Waals surface area (Å²) >= 11 is 0. The van der Waals surface area contributed by atoms with Gasteiger partial charge in [0.1, 0.15) is 6.23 Å². The second-order valence-corrected chi connectivity index (χ2v) is 2.79. The average Bonchev–Trinajstić information content (AvgIpc) is 2.44. The molecule has 3 heteroatoms. The molecule has 2 aliphatic rings. The number of nitriles is 1. The van der Waals surface area contributed by atoms with Gasteiger partial charge in [0.2, 0.25) is 0 Å². The van der Waals surface area contributed by atoms with Crippen LogP contribution in [0.3, 0.4) is 0 Å². The van der Waals surface area contributed by atoms with E-state index in [0.717, 1.165) is 26.0 Å². The summed E-state index contributed by atoms with van der Waals surface area (Å²) in [5.41, 5.74) is 0. The first-order valence-corrected chi connectivity index (χ1v) is 3.69. The highest BCUT2D eigenvalue weighted by Crippen LogP contribution is 2.27. The first-order valence-electron chi connectivity index (χ1n) is 3.69. The van der Waals surface area contributed by atoms with Gasteiger partial charge in [-0.2, -0.15) is 5.26 Å². The number of rotatable bonds is 0. The topological polar surface area (TPSA) is 36.3 Å². The van der Waals surface area contributed by atoms with Crippen LogP contribution in [-0.2, 0) is 4.74 Å². The Morgan fingerprint density at radius 1 is 1.50 bits per heavy atom. The van der Waals surface area contributed by atoms with Crippen molar-refractivity contribution in [2.45, 2.75) is 25.1 Å². The summed E-state index contributed by atoms with van der Waals surface area (Å²) < 4.78 is 5.38. The molecule has 0 aromatic carbocycles. The van der Waals surface area contributed by atoms with Gasteiger partial charge >= 0.3 is 0 Å². The van der Waals surface area contributed by atoms with Crippen LogP contribution in [0.4, 0.5) is 0 Å². The number of hydrogen-bond donors (Lipinski definition) is 0. The molecule has 2 rings (SSSR count). The SMILES string of the molecule is N#C[C@H]1CC[C@H]2OCCN12. The van der Waals surface area contributed by atoms with E-state index in [2.05, 4.69) is 11.0 Å². The molecule has 0 bridgehead atoms. The van der Waals surface area contributed by atoms with Gasteiger partial charge in [0.25, 0.3) is 0 Å². The zero-order valence-corrected chi connectivity index (χ0v) is 5.79. The number of hydrogen-bond acceptors (Lipinski definition) is 3. The summed E-state index contributed by atoms with van der Waals surface area (Å²) in [6.45, 7) is 1.76. The first kappa shape index (κ1) is 6.14. The molecule has 0 amide bonds. The third-order valence-electron chi connectivity index (χ3n) is 2.27. The van der Waals surface area contributed by atoms with Crippen molar-refractivity contribution in [1.29, 1.82) is 5.26 Å². The molecule has 2 fully saturated rings. The van der Waals surface area contributed by atoms with Crippen molar-refractivity contribution in [1.82, 2.24) is 4.90 Å². The highest BCUT2D eigenvalue weighted by Gasteiger charge is 2.37. The van der Waals surface area contributed by atoms with Crippen LogP contribution < -0.4 is 0 Å². The lowest BCUT2D eigenvalue weighted by molar-refractivity contribution is 0.0549. The summed E-state index contributed by atoms with van der Waals surface area (Å²) in [4.78, 5) is 2.15. The van der Waals surface area contributed by atoms with Crippen LogP contribution in [0.15, 0.2) is 0 Å². The fourth-order valence-electron chi connectivity index (χ4n) is 1.74. The molecule has 0 spiro atoms. The monoisotopic (exact) mass is 138 g/mol. The van der Waals surface area contributed by atoms with Crippen molar-refractivity contribution in [3.8, 4) is 6.07 Å². The predicted molar refractivity (Wildman–Crippen MR) is 35.1 cm³/mol. The molecule has 10 heavy (non-hydrogen) atoms. The van der Waals surface area contributed by atoms with Crippen LogP contribution >= 0.6 is 0 Å². The molecule has 2 saturated heterocycles. The Labute approximate surface area is 60.2 Å². The molecule has 0 aromatic rings. The van der Waals surface area contributed by atoms with Crippen LogP contribution in [0, 0.1) is 11.3 Å². The minimum absolute atomic E-state index is 0.132. The van der Waals surface area contributed by atoms with E-state index in [9.17, 15) is 0 Å². The zero-order valence-electron chi connectivity index (χ0n) is 5.79. The third-order valence-corrected chi connectivity index (χ3v) is 2.27. The van der Waals surface area contributed by atoms with Crippen LogP contribution in [0.25, 0.3) is 0 Å². The van der Waals surface area contributed by atoms with E-state index in [0.29, 0.717) is 0 Å². The van der Waals surface area contributed by atoms with E-state index >= 15 is 0 Å². The molecule has 0 aromatic heterocycles. The fourth-order valence-corrected chi connectivity index (χ4v) is 1.74. The smallest absolute Gasteiger partial charge is 0.111 e. The van der Waals surface area contributed by atoms with Gasteiger partial charge in [0.05, 0.1) is 18.7 Å². The lowest BCUT2D eigenvalue weighted by atomic mass is 10.2. The summed E-state index contributed by atoms with van der Waals surface area (Å²) in [6.07, 6.45) is 2.30. The normalized spacial score (nSPS) is 39.5. The second-order valence-electron chi connectivity index (χ2n) is 2.79. The van der Waals surface area contributed by atoms with E-state index < -0.39 is 0 Å². The summed E-state index contributed by atoms with van der Waals surface area (Å²) in [6, 6.07) is 2.41. The average molecular weight is 138 g/mol. The largest absolute Gasteiger partial charge is 0.362 e. The van der Waals surface area contributed by atoms with Crippen molar-refractivity contribution >= 4 is 0 Å². The Morgan fingerprint density at radius 2 is 2.40 bits per heavy atom. The van der Waals surface area contributed by atoms with E-state index in [1.165, 1.54) is 0 Å². The minimum atomic E-state index is 0.132. The van der Waals surface area contributed by atoms with Crippen LogP contribution in [-0.4, -0.2) is 30.3 Å². The summed E-state index contributed by atoms with van der Waals surface area (Å²) in [5, 5.41) is 8.67. The van der Waals surface area contributed by atoms with Crippen LogP contribution in [0.2, 0.25) is 0 Å². The van der Waals surface area contributed by atoms with Crippen molar-refractivity contribution in [2.24, 2.45) is 0 Å². The van der Waals surface area contributed by atoms with Crippen molar-refractivity contribution in [2.75, 3.05) is 13.2 Å². The lowest BCUT2D eigenvalue weighted by Crippen LogP contribution is -2.30. The first-order chi connectivity index (χ1) is 4.92. The van der Waals surface area contributed by atoms with E-state index in [4.69, 9.17) is 10.00 Å². The van der Waals surface area contributed by atoms with Gasteiger partial charge in [-0.3, -0.25) is 4.90 Å². The molecule has 54 valence electrons. The molecule has 0 unspecified atom stereocenters. The van der Waals surface area contributed by atoms with Crippen molar-refractivity contribution in [3.05, 3.63) is 0 Å². The maximum absolute atomic E-state index is 8.67. The third kappa shape index (κ3) is 0.731. The van der Waals surface area contributed by atoms with E-state index in [1.54, 1.807) is 0 Å². The Morgan fingerprint density at radius 3 is 3.20 bits per heavy atom. The Balaban J connectivity index is 2.10. The van der Waals surface area contributed by atoms with Gasteiger partial charge in [-0.05, 0) is 12.8 Å². The van der Waals surface area contributed by atoms with Gasteiger partial charge < -0.3 is 4.74 Å². The van der Waals surface area contributed by atoms with Crippen LogP contribution in [0.5, 0.6) is 0 Å². The summed E-state index contributed by atoms with van der Waals surface area (Å²) in [5.74, 6) is 0. The van der Waals surface area contributed by atoms with Gasteiger partial charge in [0, 0.05) is 6.54 Å². The minimum Gasteiger partial charge on any atom is -0.362 e. The molecular formula is C7H10N2O. The Bertz CT molecular complexity index is 175. The zero-order chi connectivity index (χ0) is 6.97. The Kier molecular flexibility index (Phi) is 1.37. The highest BCUT2D eigenvalue weighted by molar-refractivity contribution is 4.99. The molecule has 0 radical (unpaired) electrons. The molecule has 0 N–H and O–H groups in total. The van der Waals surface area contributed by atoms with E-state index in [1.807, 2.05) is 0 Å². The van der Waals surface area contributed by atoms with Crippen molar-refractivity contribution in [3.63, 3.8) is 0 Å². The van der Waals surface area contributed by atoms with Gasteiger partial charge in [-0.1, -0.05) is 0 Å². The molecule has 2 atom stereocenters. The van der Waals surface area contributed by atoms with Gasteiger partial charge in [-0.25, -0.2) is 0 Å². The number of ether oxygens (including phenoxy) is 1. The predicted octanol–water partition coefficient (Wildman–Crippen LogP) is 0.331. The van der Waals surface area contributed by atoms with Gasteiger partial charge in [-0.15, -0.1) is 0 Å². The highest BCUT2D eigenvalue weighted by atomic mass is 16.5. The molecule has 0 aliphatic carbocycles. The summed E-state index contributed by atoms with van der Waals surface area (Å²) in [7, 11) is 0. The second kappa shape index (κ2) is 2.22. The number of nitrogens with zero attached hydrogens (tertiary/aromatic N) is 2. The fraction of sp³-hybridized carbons (Fsp3) is 0.857. The maximum Gasteiger partial charge on any atom is 0.111 e.